The van der Waals surface area contributed by atoms with Gasteiger partial charge in [0.2, 0.25) is 0 Å². The van der Waals surface area contributed by atoms with Gasteiger partial charge < -0.3 is 5.32 Å². The minimum Gasteiger partial charge on any atom is -0.381 e. The molecule has 0 bridgehead atoms. The lowest BCUT2D eigenvalue weighted by atomic mass is 10.1. The lowest BCUT2D eigenvalue weighted by molar-refractivity contribution is 0.757. The number of hydrogen-bond donors (Lipinski definition) is 1. The summed E-state index contributed by atoms with van der Waals surface area (Å²) in [5, 5.41) is 8.49. The van der Waals surface area contributed by atoms with Crippen molar-refractivity contribution in [2.24, 2.45) is 7.05 Å². The van der Waals surface area contributed by atoms with Crippen molar-refractivity contribution in [1.29, 1.82) is 0 Å². The third-order valence-electron chi connectivity index (χ3n) is 3.84. The van der Waals surface area contributed by atoms with Gasteiger partial charge in [0.25, 0.3) is 0 Å². The summed E-state index contributed by atoms with van der Waals surface area (Å²) in [4.78, 5) is 0. The summed E-state index contributed by atoms with van der Waals surface area (Å²) >= 11 is 6.23. The zero-order valence-corrected chi connectivity index (χ0v) is 12.1. The lowest BCUT2D eigenvalue weighted by Crippen LogP contribution is -2.01. The van der Waals surface area contributed by atoms with Crippen LogP contribution in [-0.4, -0.2) is 9.78 Å². The Morgan fingerprint density at radius 2 is 2.11 bits per heavy atom. The maximum absolute atomic E-state index is 6.23. The second-order valence-corrected chi connectivity index (χ2v) is 5.53. The Morgan fingerprint density at radius 1 is 1.32 bits per heavy atom. The van der Waals surface area contributed by atoms with E-state index in [1.807, 2.05) is 14.0 Å². The molecular weight excluding hydrogens is 258 g/mol. The molecule has 4 heteroatoms. The summed E-state index contributed by atoms with van der Waals surface area (Å²) in [7, 11) is 1.87. The molecular formula is C15H18ClN3. The van der Waals surface area contributed by atoms with Gasteiger partial charge in [-0.25, -0.2) is 0 Å². The normalized spacial score (nSPS) is 13.6. The van der Waals surface area contributed by atoms with E-state index < -0.39 is 0 Å². The SMILES string of the molecule is Cc1nn(C)c(Cl)c1CNc1ccc2c(c1)CCC2. The summed E-state index contributed by atoms with van der Waals surface area (Å²) in [5.41, 5.74) is 6.21. The molecule has 0 atom stereocenters. The van der Waals surface area contributed by atoms with E-state index in [0.717, 1.165) is 17.8 Å². The van der Waals surface area contributed by atoms with Gasteiger partial charge in [-0.3, -0.25) is 4.68 Å². The smallest absolute Gasteiger partial charge is 0.131 e. The molecule has 0 fully saturated rings. The number of anilines is 1. The molecule has 0 spiro atoms. The van der Waals surface area contributed by atoms with E-state index in [1.54, 1.807) is 4.68 Å². The number of aryl methyl sites for hydroxylation is 4. The number of nitrogens with zero attached hydrogens (tertiary/aromatic N) is 2. The van der Waals surface area contributed by atoms with Crippen molar-refractivity contribution in [2.75, 3.05) is 5.32 Å². The molecule has 1 aliphatic rings. The first-order chi connectivity index (χ1) is 9.15. The molecule has 1 heterocycles. The maximum atomic E-state index is 6.23. The van der Waals surface area contributed by atoms with E-state index in [-0.39, 0.29) is 0 Å². The van der Waals surface area contributed by atoms with Crippen LogP contribution in [0.5, 0.6) is 0 Å². The number of rotatable bonds is 3. The van der Waals surface area contributed by atoms with Crippen LogP contribution in [0.4, 0.5) is 5.69 Å². The summed E-state index contributed by atoms with van der Waals surface area (Å²) in [6.07, 6.45) is 3.72. The highest BCUT2D eigenvalue weighted by Gasteiger charge is 2.13. The van der Waals surface area contributed by atoms with Gasteiger partial charge in [0.15, 0.2) is 0 Å². The molecule has 1 aromatic carbocycles. The first-order valence-corrected chi connectivity index (χ1v) is 7.06. The van der Waals surface area contributed by atoms with Crippen molar-refractivity contribution in [3.05, 3.63) is 45.7 Å². The Kier molecular flexibility index (Phi) is 3.23. The molecule has 0 saturated carbocycles. The lowest BCUT2D eigenvalue weighted by Gasteiger charge is -2.08. The molecule has 19 heavy (non-hydrogen) atoms. The van der Waals surface area contributed by atoms with Gasteiger partial charge in [0.05, 0.1) is 5.69 Å². The zero-order chi connectivity index (χ0) is 13.4. The predicted octanol–water partition coefficient (Wildman–Crippen LogP) is 3.48. The van der Waals surface area contributed by atoms with E-state index >= 15 is 0 Å². The average molecular weight is 276 g/mol. The first kappa shape index (κ1) is 12.5. The van der Waals surface area contributed by atoms with Crippen molar-refractivity contribution < 1.29 is 0 Å². The Labute approximate surface area is 118 Å². The highest BCUT2D eigenvalue weighted by atomic mass is 35.5. The topological polar surface area (TPSA) is 29.9 Å². The standard InChI is InChI=1S/C15H18ClN3/c1-10-14(15(16)19(2)18-10)9-17-13-7-6-11-4-3-5-12(11)8-13/h6-8,17H,3-5,9H2,1-2H3. The number of halogens is 1. The largest absolute Gasteiger partial charge is 0.381 e. The second kappa shape index (κ2) is 4.89. The van der Waals surface area contributed by atoms with Crippen molar-refractivity contribution in [1.82, 2.24) is 9.78 Å². The molecule has 0 amide bonds. The van der Waals surface area contributed by atoms with E-state index in [2.05, 4.69) is 28.6 Å². The van der Waals surface area contributed by atoms with Crippen molar-refractivity contribution >= 4 is 17.3 Å². The summed E-state index contributed by atoms with van der Waals surface area (Å²) < 4.78 is 1.72. The van der Waals surface area contributed by atoms with Gasteiger partial charge in [-0.15, -0.1) is 0 Å². The van der Waals surface area contributed by atoms with Crippen LogP contribution >= 0.6 is 11.6 Å². The first-order valence-electron chi connectivity index (χ1n) is 6.69. The fourth-order valence-corrected chi connectivity index (χ4v) is 2.99. The molecule has 0 aliphatic heterocycles. The van der Waals surface area contributed by atoms with Gasteiger partial charge in [-0.05, 0) is 49.4 Å². The molecule has 1 aliphatic carbocycles. The summed E-state index contributed by atoms with van der Waals surface area (Å²) in [6, 6.07) is 6.66. The molecule has 3 rings (SSSR count). The molecule has 1 N–H and O–H groups in total. The van der Waals surface area contributed by atoms with E-state index in [4.69, 9.17) is 11.6 Å². The fourth-order valence-electron chi connectivity index (χ4n) is 2.75. The highest BCUT2D eigenvalue weighted by Crippen LogP contribution is 2.26. The van der Waals surface area contributed by atoms with Gasteiger partial charge >= 0.3 is 0 Å². The third kappa shape index (κ3) is 2.35. The summed E-state index contributed by atoms with van der Waals surface area (Å²) in [5.74, 6) is 0. The van der Waals surface area contributed by atoms with Crippen LogP contribution in [0.25, 0.3) is 0 Å². The summed E-state index contributed by atoms with van der Waals surface area (Å²) in [6.45, 7) is 2.71. The van der Waals surface area contributed by atoms with Gasteiger partial charge in [-0.2, -0.15) is 5.10 Å². The maximum Gasteiger partial charge on any atom is 0.131 e. The molecule has 0 radical (unpaired) electrons. The van der Waals surface area contributed by atoms with Gasteiger partial charge in [0.1, 0.15) is 5.15 Å². The fraction of sp³-hybridized carbons (Fsp3) is 0.400. The van der Waals surface area contributed by atoms with E-state index in [1.165, 1.54) is 36.1 Å². The average Bonchev–Trinajstić information content (AvgIpc) is 2.94. The monoisotopic (exact) mass is 275 g/mol. The van der Waals surface area contributed by atoms with Crippen molar-refractivity contribution in [3.8, 4) is 0 Å². The Hall–Kier alpha value is -1.48. The molecule has 2 aromatic rings. The highest BCUT2D eigenvalue weighted by molar-refractivity contribution is 6.30. The number of hydrogen-bond acceptors (Lipinski definition) is 2. The van der Waals surface area contributed by atoms with Crippen LogP contribution in [-0.2, 0) is 26.4 Å². The quantitative estimate of drug-likeness (QED) is 0.929. The Balaban J connectivity index is 1.76. The van der Waals surface area contributed by atoms with Gasteiger partial charge in [0, 0.05) is 24.8 Å². The van der Waals surface area contributed by atoms with Crippen LogP contribution in [0.15, 0.2) is 18.2 Å². The zero-order valence-electron chi connectivity index (χ0n) is 11.3. The predicted molar refractivity (Wildman–Crippen MR) is 78.7 cm³/mol. The Bertz CT molecular complexity index is 616. The molecule has 0 saturated heterocycles. The van der Waals surface area contributed by atoms with E-state index in [9.17, 15) is 0 Å². The second-order valence-electron chi connectivity index (χ2n) is 5.17. The van der Waals surface area contributed by atoms with Gasteiger partial charge in [-0.1, -0.05) is 17.7 Å². The van der Waals surface area contributed by atoms with Crippen LogP contribution < -0.4 is 5.32 Å². The van der Waals surface area contributed by atoms with Crippen molar-refractivity contribution in [3.63, 3.8) is 0 Å². The minimum absolute atomic E-state index is 0.714. The van der Waals surface area contributed by atoms with Crippen LogP contribution in [0.1, 0.15) is 28.8 Å². The molecule has 3 nitrogen and oxygen atoms in total. The minimum atomic E-state index is 0.714. The number of fused-ring (bicyclic) bond motifs is 1. The number of benzene rings is 1. The third-order valence-corrected chi connectivity index (χ3v) is 4.31. The molecule has 0 unspecified atom stereocenters. The van der Waals surface area contributed by atoms with Crippen LogP contribution in [0.2, 0.25) is 5.15 Å². The Morgan fingerprint density at radius 3 is 2.84 bits per heavy atom. The number of nitrogens with one attached hydrogen (secondary N) is 1. The molecule has 100 valence electrons. The van der Waals surface area contributed by atoms with Crippen molar-refractivity contribution in [2.45, 2.75) is 32.7 Å². The number of aromatic nitrogens is 2. The van der Waals surface area contributed by atoms with E-state index in [0.29, 0.717) is 5.15 Å². The van der Waals surface area contributed by atoms with Crippen LogP contribution in [0, 0.1) is 6.92 Å². The van der Waals surface area contributed by atoms with Crippen LogP contribution in [0.3, 0.4) is 0 Å². The molecule has 1 aromatic heterocycles.